The molecule has 0 radical (unpaired) electrons. The van der Waals surface area contributed by atoms with Gasteiger partial charge in [0.1, 0.15) is 5.01 Å². The first-order valence-corrected chi connectivity index (χ1v) is 9.37. The van der Waals surface area contributed by atoms with Crippen LogP contribution in [0.25, 0.3) is 21.8 Å². The number of benzene rings is 2. The standard InChI is InChI=1S/C21H22N2OS/c1-15(2)11-20(24)22-13-16-7-6-10-18(12-16)21-23-19(14-25-21)17-8-4-3-5-9-17/h3-10,12,14-15H,11,13H2,1-2H3,(H,22,24). The zero-order chi connectivity index (χ0) is 17.6. The van der Waals surface area contributed by atoms with E-state index in [2.05, 4.69) is 35.0 Å². The van der Waals surface area contributed by atoms with Gasteiger partial charge in [-0.05, 0) is 17.5 Å². The van der Waals surface area contributed by atoms with Crippen molar-refractivity contribution in [2.75, 3.05) is 0 Å². The van der Waals surface area contributed by atoms with Gasteiger partial charge in [-0.25, -0.2) is 4.98 Å². The van der Waals surface area contributed by atoms with Crippen LogP contribution in [0.4, 0.5) is 0 Å². The van der Waals surface area contributed by atoms with E-state index in [-0.39, 0.29) is 5.91 Å². The van der Waals surface area contributed by atoms with Crippen molar-refractivity contribution in [2.45, 2.75) is 26.8 Å². The number of nitrogens with zero attached hydrogens (tertiary/aromatic N) is 1. The van der Waals surface area contributed by atoms with Crippen molar-refractivity contribution < 1.29 is 4.79 Å². The van der Waals surface area contributed by atoms with Gasteiger partial charge in [0.25, 0.3) is 0 Å². The molecule has 0 aliphatic carbocycles. The maximum atomic E-state index is 11.8. The molecule has 25 heavy (non-hydrogen) atoms. The normalized spacial score (nSPS) is 10.8. The van der Waals surface area contributed by atoms with Crippen molar-refractivity contribution in [3.63, 3.8) is 0 Å². The summed E-state index contributed by atoms with van der Waals surface area (Å²) in [5, 5.41) is 6.06. The molecule has 0 aliphatic rings. The average molecular weight is 350 g/mol. The highest BCUT2D eigenvalue weighted by Gasteiger charge is 2.08. The first-order valence-electron chi connectivity index (χ1n) is 8.49. The molecule has 0 fully saturated rings. The van der Waals surface area contributed by atoms with Crippen molar-refractivity contribution in [3.8, 4) is 21.8 Å². The molecule has 1 aromatic heterocycles. The number of hydrogen-bond acceptors (Lipinski definition) is 3. The average Bonchev–Trinajstić information content (AvgIpc) is 3.11. The van der Waals surface area contributed by atoms with Crippen LogP contribution in [-0.2, 0) is 11.3 Å². The molecule has 0 saturated carbocycles. The van der Waals surface area contributed by atoms with Crippen LogP contribution in [-0.4, -0.2) is 10.9 Å². The molecular weight excluding hydrogens is 328 g/mol. The van der Waals surface area contributed by atoms with Crippen molar-refractivity contribution in [2.24, 2.45) is 5.92 Å². The minimum atomic E-state index is 0.0982. The fourth-order valence-electron chi connectivity index (χ4n) is 2.61. The Labute approximate surface area is 152 Å². The molecule has 0 atom stereocenters. The highest BCUT2D eigenvalue weighted by Crippen LogP contribution is 2.29. The number of carbonyl (C=O) groups is 1. The third kappa shape index (κ3) is 4.77. The predicted octanol–water partition coefficient (Wildman–Crippen LogP) is 5.14. The molecule has 0 aliphatic heterocycles. The summed E-state index contributed by atoms with van der Waals surface area (Å²) in [6, 6.07) is 18.4. The molecule has 0 spiro atoms. The van der Waals surface area contributed by atoms with Crippen LogP contribution in [0.3, 0.4) is 0 Å². The van der Waals surface area contributed by atoms with Gasteiger partial charge in [-0.1, -0.05) is 62.4 Å². The van der Waals surface area contributed by atoms with Crippen LogP contribution in [0.15, 0.2) is 60.0 Å². The van der Waals surface area contributed by atoms with Gasteiger partial charge in [-0.15, -0.1) is 11.3 Å². The lowest BCUT2D eigenvalue weighted by Gasteiger charge is -2.08. The lowest BCUT2D eigenvalue weighted by Crippen LogP contribution is -2.23. The second-order valence-corrected chi connectivity index (χ2v) is 7.34. The molecule has 4 heteroatoms. The second-order valence-electron chi connectivity index (χ2n) is 6.48. The van der Waals surface area contributed by atoms with Crippen molar-refractivity contribution in [1.82, 2.24) is 10.3 Å². The van der Waals surface area contributed by atoms with Crippen LogP contribution in [0.5, 0.6) is 0 Å². The summed E-state index contributed by atoms with van der Waals surface area (Å²) in [6.45, 7) is 4.65. The largest absolute Gasteiger partial charge is 0.352 e. The van der Waals surface area contributed by atoms with Crippen LogP contribution in [0.2, 0.25) is 0 Å². The summed E-state index contributed by atoms with van der Waals surface area (Å²) < 4.78 is 0. The third-order valence-corrected chi connectivity index (χ3v) is 4.72. The maximum absolute atomic E-state index is 11.8. The number of aromatic nitrogens is 1. The smallest absolute Gasteiger partial charge is 0.220 e. The quantitative estimate of drug-likeness (QED) is 0.669. The van der Waals surface area contributed by atoms with Gasteiger partial charge in [-0.3, -0.25) is 4.79 Å². The number of carbonyl (C=O) groups excluding carboxylic acids is 1. The molecule has 1 heterocycles. The van der Waals surface area contributed by atoms with E-state index in [1.165, 1.54) is 0 Å². The van der Waals surface area contributed by atoms with E-state index in [1.807, 2.05) is 44.2 Å². The van der Waals surface area contributed by atoms with Gasteiger partial charge in [0.15, 0.2) is 0 Å². The van der Waals surface area contributed by atoms with Crippen molar-refractivity contribution in [3.05, 3.63) is 65.5 Å². The van der Waals surface area contributed by atoms with E-state index in [4.69, 9.17) is 4.98 Å². The highest BCUT2D eigenvalue weighted by molar-refractivity contribution is 7.13. The second kappa shape index (κ2) is 8.08. The van der Waals surface area contributed by atoms with E-state index in [1.54, 1.807) is 11.3 Å². The van der Waals surface area contributed by atoms with Crippen LogP contribution in [0.1, 0.15) is 25.8 Å². The van der Waals surface area contributed by atoms with Gasteiger partial charge in [0.05, 0.1) is 5.69 Å². The van der Waals surface area contributed by atoms with E-state index in [9.17, 15) is 4.79 Å². The SMILES string of the molecule is CC(C)CC(=O)NCc1cccc(-c2nc(-c3ccccc3)cs2)c1. The van der Waals surface area contributed by atoms with Gasteiger partial charge in [-0.2, -0.15) is 0 Å². The maximum Gasteiger partial charge on any atom is 0.220 e. The molecule has 2 aromatic carbocycles. The fraction of sp³-hybridized carbons (Fsp3) is 0.238. The Morgan fingerprint density at radius 2 is 1.84 bits per heavy atom. The number of rotatable bonds is 6. The van der Waals surface area contributed by atoms with Gasteiger partial charge >= 0.3 is 0 Å². The zero-order valence-corrected chi connectivity index (χ0v) is 15.3. The van der Waals surface area contributed by atoms with E-state index >= 15 is 0 Å². The molecule has 3 nitrogen and oxygen atoms in total. The molecule has 0 bridgehead atoms. The number of hydrogen-bond donors (Lipinski definition) is 1. The van der Waals surface area contributed by atoms with Gasteiger partial charge in [0.2, 0.25) is 5.91 Å². The monoisotopic (exact) mass is 350 g/mol. The minimum absolute atomic E-state index is 0.0982. The first-order chi connectivity index (χ1) is 12.1. The van der Waals surface area contributed by atoms with E-state index in [0.29, 0.717) is 18.9 Å². The lowest BCUT2D eigenvalue weighted by atomic mass is 10.1. The van der Waals surface area contributed by atoms with Gasteiger partial charge in [0, 0.05) is 29.5 Å². The molecule has 1 amide bonds. The Bertz CT molecular complexity index is 840. The van der Waals surface area contributed by atoms with Crippen LogP contribution in [0, 0.1) is 5.92 Å². The molecule has 3 aromatic rings. The Morgan fingerprint density at radius 1 is 1.08 bits per heavy atom. The Hall–Kier alpha value is -2.46. The summed E-state index contributed by atoms with van der Waals surface area (Å²) in [5.41, 5.74) is 4.30. The Kier molecular flexibility index (Phi) is 5.61. The highest BCUT2D eigenvalue weighted by atomic mass is 32.1. The first kappa shape index (κ1) is 17.4. The summed E-state index contributed by atoms with van der Waals surface area (Å²) in [6.07, 6.45) is 0.562. The predicted molar refractivity (Wildman–Crippen MR) is 104 cm³/mol. The lowest BCUT2D eigenvalue weighted by molar-refractivity contribution is -0.121. The minimum Gasteiger partial charge on any atom is -0.352 e. The molecule has 0 saturated heterocycles. The summed E-state index contributed by atoms with van der Waals surface area (Å²) in [5.74, 6) is 0.471. The fourth-order valence-corrected chi connectivity index (χ4v) is 3.43. The molecule has 0 unspecified atom stereocenters. The van der Waals surface area contributed by atoms with E-state index < -0.39 is 0 Å². The topological polar surface area (TPSA) is 42.0 Å². The number of nitrogens with one attached hydrogen (secondary N) is 1. The Balaban J connectivity index is 1.72. The Morgan fingerprint density at radius 3 is 2.60 bits per heavy atom. The summed E-state index contributed by atoms with van der Waals surface area (Å²) >= 11 is 1.64. The molecule has 1 N–H and O–H groups in total. The van der Waals surface area contributed by atoms with Crippen molar-refractivity contribution in [1.29, 1.82) is 0 Å². The van der Waals surface area contributed by atoms with Crippen molar-refractivity contribution >= 4 is 17.2 Å². The summed E-state index contributed by atoms with van der Waals surface area (Å²) in [4.78, 5) is 16.6. The molecule has 3 rings (SSSR count). The molecule has 128 valence electrons. The zero-order valence-electron chi connectivity index (χ0n) is 14.5. The van der Waals surface area contributed by atoms with Crippen LogP contribution >= 0.6 is 11.3 Å². The number of amides is 1. The number of thiazole rings is 1. The molecular formula is C21H22N2OS. The van der Waals surface area contributed by atoms with Gasteiger partial charge < -0.3 is 5.32 Å². The van der Waals surface area contributed by atoms with Crippen LogP contribution < -0.4 is 5.32 Å². The van der Waals surface area contributed by atoms with E-state index in [0.717, 1.165) is 27.4 Å². The summed E-state index contributed by atoms with van der Waals surface area (Å²) in [7, 11) is 0. The third-order valence-electron chi connectivity index (χ3n) is 3.83.